The van der Waals surface area contributed by atoms with Crippen LogP contribution >= 0.6 is 15.9 Å². The zero-order chi connectivity index (χ0) is 49.0. The molecular formula is C58H78BBrO6Si2. The molecule has 0 atom stereocenters. The van der Waals surface area contributed by atoms with E-state index in [0.717, 1.165) is 53.1 Å². The molecule has 8 saturated carbocycles. The number of halogens is 1. The predicted octanol–water partition coefficient (Wildman–Crippen LogP) is 14.5. The maximum absolute atomic E-state index is 11.1. The Morgan fingerprint density at radius 1 is 0.529 bits per heavy atom. The molecular weight excluding hydrogens is 940 g/mol. The minimum absolute atomic E-state index is 0.176. The maximum Gasteiger partial charge on any atom is 0.488 e. The molecule has 0 unspecified atom stereocenters. The third-order valence-electron chi connectivity index (χ3n) is 18.2. The van der Waals surface area contributed by atoms with E-state index in [4.69, 9.17) is 18.9 Å². The van der Waals surface area contributed by atoms with Crippen LogP contribution in [0.3, 0.4) is 0 Å². The lowest BCUT2D eigenvalue weighted by molar-refractivity contribution is -0.00601. The fraction of sp³-hybridized carbons (Fsp3) is 0.552. The van der Waals surface area contributed by atoms with Crippen LogP contribution in [0.15, 0.2) is 89.4 Å². The number of benzene rings is 4. The highest BCUT2D eigenvalue weighted by Gasteiger charge is 2.54. The van der Waals surface area contributed by atoms with Crippen molar-refractivity contribution in [2.24, 2.45) is 35.5 Å². The van der Waals surface area contributed by atoms with Crippen LogP contribution in [0.1, 0.15) is 150 Å². The second-order valence-electron chi connectivity index (χ2n) is 25.4. The van der Waals surface area contributed by atoms with Gasteiger partial charge in [0.05, 0.1) is 0 Å². The second kappa shape index (κ2) is 19.4. The fourth-order valence-electron chi connectivity index (χ4n) is 13.5. The van der Waals surface area contributed by atoms with Gasteiger partial charge in [-0.1, -0.05) is 112 Å². The van der Waals surface area contributed by atoms with E-state index in [9.17, 15) is 9.59 Å². The lowest BCUT2D eigenvalue weighted by atomic mass is 9.48. The first-order valence-corrected chi connectivity index (χ1v) is 32.3. The van der Waals surface area contributed by atoms with E-state index in [1.54, 1.807) is 0 Å². The van der Waals surface area contributed by atoms with Crippen LogP contribution in [-0.2, 0) is 10.8 Å². The quantitative estimate of drug-likeness (QED) is 0.121. The van der Waals surface area contributed by atoms with Crippen LogP contribution in [0.5, 0.6) is 11.5 Å². The number of hydrogen-bond acceptors (Lipinski definition) is 6. The largest absolute Gasteiger partial charge is 0.543 e. The number of rotatable bonds is 10. The third kappa shape index (κ3) is 10.8. The predicted molar refractivity (Wildman–Crippen MR) is 288 cm³/mol. The first kappa shape index (κ1) is 51.1. The number of aldehydes is 2. The van der Waals surface area contributed by atoms with E-state index in [2.05, 4.69) is 132 Å². The molecule has 0 radical (unpaired) electrons. The smallest absolute Gasteiger partial charge is 0.488 e. The molecule has 12 rings (SSSR count). The van der Waals surface area contributed by atoms with Gasteiger partial charge in [-0.05, 0) is 212 Å². The van der Waals surface area contributed by atoms with Gasteiger partial charge in [-0.2, -0.15) is 0 Å². The molecule has 10 heteroatoms. The summed E-state index contributed by atoms with van der Waals surface area (Å²) in [6, 6.07) is 27.8. The average Bonchev–Trinajstić information content (AvgIpc) is 3.26. The molecule has 2 N–H and O–H groups in total. The molecule has 6 nitrogen and oxygen atoms in total. The molecule has 0 amide bonds. The summed E-state index contributed by atoms with van der Waals surface area (Å²) < 4.78 is 15.1. The Morgan fingerprint density at radius 3 is 1.22 bits per heavy atom. The van der Waals surface area contributed by atoms with Crippen molar-refractivity contribution in [3.8, 4) is 22.6 Å². The lowest BCUT2D eigenvalue weighted by Crippen LogP contribution is -2.49. The van der Waals surface area contributed by atoms with Crippen molar-refractivity contribution < 1.29 is 28.5 Å². The van der Waals surface area contributed by atoms with Crippen LogP contribution in [-0.4, -0.2) is 46.4 Å². The summed E-state index contributed by atoms with van der Waals surface area (Å²) >= 11 is 3.75. The lowest BCUT2D eigenvalue weighted by Gasteiger charge is -2.57. The van der Waals surface area contributed by atoms with Gasteiger partial charge in [-0.3, -0.25) is 9.59 Å². The highest BCUT2D eigenvalue weighted by atomic mass is 79.9. The monoisotopic (exact) mass is 1020 g/mol. The minimum atomic E-state index is -1.94. The van der Waals surface area contributed by atoms with E-state index in [1.165, 1.54) is 134 Å². The van der Waals surface area contributed by atoms with Gasteiger partial charge in [0.2, 0.25) is 16.6 Å². The van der Waals surface area contributed by atoms with Crippen molar-refractivity contribution in [1.82, 2.24) is 0 Å². The summed E-state index contributed by atoms with van der Waals surface area (Å²) in [5.74, 6) is 7.93. The SMILES string of the molecule is CC(C)(C)[Si](C)(C)Oc1ccc(-c2ccc(C=O)cc2)cc1C12CC3CC(CC(C3)C1)C2.CC(C)(C)[Si](C)(C)Oc1ccc(Br)cc1C12CC3CC(CC(C3)C1)C2.O=Cc1ccc(B(O)O)cc1. The van der Waals surface area contributed by atoms with E-state index < -0.39 is 23.8 Å². The molecule has 8 fully saturated rings. The summed E-state index contributed by atoms with van der Waals surface area (Å²) in [4.78, 5) is 21.3. The Balaban J connectivity index is 0.000000154. The van der Waals surface area contributed by atoms with E-state index in [-0.39, 0.29) is 15.5 Å². The van der Waals surface area contributed by atoms with Crippen molar-refractivity contribution in [3.05, 3.63) is 112 Å². The number of carbonyl (C=O) groups excluding carboxylic acids is 2. The Bertz CT molecular complexity index is 2360. The topological polar surface area (TPSA) is 93.1 Å². The molecule has 8 aliphatic rings. The van der Waals surface area contributed by atoms with Crippen molar-refractivity contribution in [3.63, 3.8) is 0 Å². The Kier molecular flexibility index (Phi) is 14.6. The summed E-state index contributed by atoms with van der Waals surface area (Å²) in [7, 11) is -5.23. The van der Waals surface area contributed by atoms with Gasteiger partial charge in [-0.25, -0.2) is 0 Å². The Hall–Kier alpha value is -3.28. The van der Waals surface area contributed by atoms with Crippen molar-refractivity contribution in [1.29, 1.82) is 0 Å². The number of carbonyl (C=O) groups is 2. The molecule has 4 aromatic carbocycles. The first-order valence-electron chi connectivity index (χ1n) is 25.7. The molecule has 68 heavy (non-hydrogen) atoms. The Morgan fingerprint density at radius 2 is 0.868 bits per heavy atom. The molecule has 0 heterocycles. The van der Waals surface area contributed by atoms with Gasteiger partial charge < -0.3 is 18.9 Å². The summed E-state index contributed by atoms with van der Waals surface area (Å²) in [6.07, 6.45) is 18.6. The van der Waals surface area contributed by atoms with Gasteiger partial charge in [0.15, 0.2) is 0 Å². The first-order chi connectivity index (χ1) is 31.9. The average molecular weight is 1020 g/mol. The zero-order valence-corrected chi connectivity index (χ0v) is 46.3. The summed E-state index contributed by atoms with van der Waals surface area (Å²) in [5.41, 5.74) is 7.72. The molecule has 0 spiro atoms. The van der Waals surface area contributed by atoms with Crippen molar-refractivity contribution in [2.75, 3.05) is 0 Å². The second-order valence-corrected chi connectivity index (χ2v) is 35.7. The highest BCUT2D eigenvalue weighted by Crippen LogP contribution is 2.64. The van der Waals surface area contributed by atoms with Crippen molar-refractivity contribution >= 4 is 57.7 Å². The Labute approximate surface area is 419 Å². The van der Waals surface area contributed by atoms with Crippen LogP contribution < -0.4 is 14.3 Å². The zero-order valence-electron chi connectivity index (χ0n) is 42.7. The molecule has 0 aromatic heterocycles. The standard InChI is InChI=1S/C29H38O2Si.C22H33BrOSi.C7H7BO3/c1-28(2,3)32(4,5)31-27-11-10-25(24-8-6-20(19-30)7-9-24)15-26(27)29-16-21-12-22(17-29)14-23(13-21)18-29;1-21(2,3)25(4,5)24-20-7-6-18(23)11-19(20)22-12-15-8-16(13-22)10-17(9-15)14-22;9-5-6-1-3-7(4-2-6)8(10)11/h6-11,15,19,21-23H,12-14,16-18H2,1-5H3;6-7,11,15-17H,8-10,12-14H2,1-5H3;1-5,10-11H. The maximum atomic E-state index is 11.1. The molecule has 0 aliphatic heterocycles. The van der Waals surface area contributed by atoms with Crippen LogP contribution in [0, 0.1) is 35.5 Å². The van der Waals surface area contributed by atoms with Crippen LogP contribution in [0.2, 0.25) is 36.3 Å². The van der Waals surface area contributed by atoms with Crippen LogP contribution in [0.4, 0.5) is 0 Å². The molecule has 364 valence electrons. The van der Waals surface area contributed by atoms with Crippen molar-refractivity contribution in [2.45, 2.75) is 166 Å². The fourth-order valence-corrected chi connectivity index (χ4v) is 15.9. The van der Waals surface area contributed by atoms with E-state index >= 15 is 0 Å². The molecule has 8 bridgehead atoms. The van der Waals surface area contributed by atoms with E-state index in [0.29, 0.717) is 22.7 Å². The number of hydrogen-bond donors (Lipinski definition) is 2. The molecule has 4 aromatic rings. The highest BCUT2D eigenvalue weighted by molar-refractivity contribution is 9.10. The van der Waals surface area contributed by atoms with Gasteiger partial charge in [-0.15, -0.1) is 0 Å². The minimum Gasteiger partial charge on any atom is -0.543 e. The van der Waals surface area contributed by atoms with Gasteiger partial charge in [0.1, 0.15) is 24.1 Å². The molecule has 0 saturated heterocycles. The van der Waals surface area contributed by atoms with Gasteiger partial charge in [0, 0.05) is 21.2 Å². The van der Waals surface area contributed by atoms with Crippen LogP contribution in [0.25, 0.3) is 11.1 Å². The summed E-state index contributed by atoms with van der Waals surface area (Å²) in [5, 5.41) is 17.7. The normalized spacial score (nSPS) is 27.9. The summed E-state index contributed by atoms with van der Waals surface area (Å²) in [6.45, 7) is 23.5. The molecule has 8 aliphatic carbocycles. The van der Waals surface area contributed by atoms with Gasteiger partial charge >= 0.3 is 7.12 Å². The van der Waals surface area contributed by atoms with E-state index in [1.807, 2.05) is 12.1 Å². The third-order valence-corrected chi connectivity index (χ3v) is 27.4. The van der Waals surface area contributed by atoms with Gasteiger partial charge in [0.25, 0.3) is 0 Å².